The fraction of sp³-hybridized carbons (Fsp3) is 0.600. The molecule has 106 valence electrons. The van der Waals surface area contributed by atoms with E-state index in [0.717, 1.165) is 24.2 Å². The molecule has 0 radical (unpaired) electrons. The monoisotopic (exact) mass is 264 g/mol. The van der Waals surface area contributed by atoms with Crippen LogP contribution < -0.4 is 5.32 Å². The molecule has 0 fully saturated rings. The summed E-state index contributed by atoms with van der Waals surface area (Å²) in [5.74, 6) is 0. The lowest BCUT2D eigenvalue weighted by atomic mass is 10.1. The van der Waals surface area contributed by atoms with E-state index in [2.05, 4.69) is 12.2 Å². The minimum Gasteiger partial charge on any atom is -0.385 e. The number of nitro benzene ring substituents is 1. The molecule has 0 saturated carbocycles. The van der Waals surface area contributed by atoms with Crippen LogP contribution in [-0.4, -0.2) is 11.5 Å². The molecule has 0 spiro atoms. The van der Waals surface area contributed by atoms with E-state index in [4.69, 9.17) is 0 Å². The molecule has 0 aromatic heterocycles. The largest absolute Gasteiger partial charge is 0.385 e. The van der Waals surface area contributed by atoms with Gasteiger partial charge in [0.25, 0.3) is 5.69 Å². The Hall–Kier alpha value is -1.58. The van der Waals surface area contributed by atoms with E-state index in [1.54, 1.807) is 18.2 Å². The van der Waals surface area contributed by atoms with Gasteiger partial charge in [0.2, 0.25) is 0 Å². The smallest absolute Gasteiger partial charge is 0.269 e. The van der Waals surface area contributed by atoms with Crippen LogP contribution in [0.4, 0.5) is 11.4 Å². The molecule has 0 aliphatic heterocycles. The summed E-state index contributed by atoms with van der Waals surface area (Å²) in [4.78, 5) is 10.3. The average Bonchev–Trinajstić information content (AvgIpc) is 2.39. The van der Waals surface area contributed by atoms with E-state index < -0.39 is 0 Å². The summed E-state index contributed by atoms with van der Waals surface area (Å²) in [6, 6.07) is 4.96. The first kappa shape index (κ1) is 15.5. The third kappa shape index (κ3) is 5.73. The third-order valence-corrected chi connectivity index (χ3v) is 3.27. The summed E-state index contributed by atoms with van der Waals surface area (Å²) < 4.78 is 0. The van der Waals surface area contributed by atoms with E-state index in [-0.39, 0.29) is 10.6 Å². The molecule has 0 saturated heterocycles. The Labute approximate surface area is 115 Å². The highest BCUT2D eigenvalue weighted by Gasteiger charge is 2.07. The van der Waals surface area contributed by atoms with Crippen molar-refractivity contribution in [3.8, 4) is 0 Å². The van der Waals surface area contributed by atoms with E-state index in [0.29, 0.717) is 0 Å². The number of hydrogen-bond acceptors (Lipinski definition) is 3. The zero-order valence-corrected chi connectivity index (χ0v) is 11.9. The molecule has 0 aliphatic rings. The Kier molecular flexibility index (Phi) is 6.93. The van der Waals surface area contributed by atoms with Crippen molar-refractivity contribution >= 4 is 11.4 Å². The van der Waals surface area contributed by atoms with E-state index in [1.165, 1.54) is 32.1 Å². The van der Waals surface area contributed by atoms with Crippen LogP contribution in [0.2, 0.25) is 0 Å². The van der Waals surface area contributed by atoms with Crippen molar-refractivity contribution < 1.29 is 4.92 Å². The summed E-state index contributed by atoms with van der Waals surface area (Å²) in [6.07, 6.45) is 7.64. The molecule has 0 bridgehead atoms. The number of rotatable bonds is 9. The van der Waals surface area contributed by atoms with Gasteiger partial charge in [-0.25, -0.2) is 0 Å². The molecule has 0 heterocycles. The number of nitro groups is 1. The van der Waals surface area contributed by atoms with Gasteiger partial charge in [0.1, 0.15) is 0 Å². The minimum atomic E-state index is -0.357. The Balaban J connectivity index is 2.28. The second-order valence-electron chi connectivity index (χ2n) is 4.95. The first-order valence-electron chi connectivity index (χ1n) is 7.14. The number of anilines is 1. The Morgan fingerprint density at radius 2 is 1.84 bits per heavy atom. The van der Waals surface area contributed by atoms with Crippen LogP contribution >= 0.6 is 0 Å². The van der Waals surface area contributed by atoms with Crippen LogP contribution in [0.5, 0.6) is 0 Å². The first-order chi connectivity index (χ1) is 9.15. The van der Waals surface area contributed by atoms with Gasteiger partial charge < -0.3 is 5.32 Å². The van der Waals surface area contributed by atoms with Gasteiger partial charge >= 0.3 is 0 Å². The maximum absolute atomic E-state index is 10.6. The first-order valence-corrected chi connectivity index (χ1v) is 7.14. The summed E-state index contributed by atoms with van der Waals surface area (Å²) in [5.41, 5.74) is 2.09. The van der Waals surface area contributed by atoms with Gasteiger partial charge in [-0.15, -0.1) is 0 Å². The highest BCUT2D eigenvalue weighted by molar-refractivity contribution is 5.55. The second kappa shape index (κ2) is 8.51. The SMILES string of the molecule is CCCCCCCCNc1ccc([N+](=O)[O-])cc1C. The highest BCUT2D eigenvalue weighted by atomic mass is 16.6. The normalized spacial score (nSPS) is 10.4. The van der Waals surface area contributed by atoms with Gasteiger partial charge in [-0.2, -0.15) is 0 Å². The van der Waals surface area contributed by atoms with Crippen LogP contribution in [0.1, 0.15) is 51.0 Å². The summed E-state index contributed by atoms with van der Waals surface area (Å²) in [6.45, 7) is 5.06. The number of nitrogens with zero attached hydrogens (tertiary/aromatic N) is 1. The van der Waals surface area contributed by atoms with E-state index in [1.807, 2.05) is 6.92 Å². The molecule has 0 amide bonds. The molecule has 4 nitrogen and oxygen atoms in total. The number of aryl methyl sites for hydroxylation is 1. The Morgan fingerprint density at radius 1 is 1.16 bits per heavy atom. The van der Waals surface area contributed by atoms with Crippen LogP contribution in [0, 0.1) is 17.0 Å². The van der Waals surface area contributed by atoms with Crippen molar-refractivity contribution in [2.24, 2.45) is 0 Å². The quantitative estimate of drug-likeness (QED) is 0.400. The van der Waals surface area contributed by atoms with Crippen LogP contribution in [0.3, 0.4) is 0 Å². The number of nitrogens with one attached hydrogen (secondary N) is 1. The van der Waals surface area contributed by atoms with Crippen molar-refractivity contribution in [1.82, 2.24) is 0 Å². The van der Waals surface area contributed by atoms with Gasteiger partial charge in [-0.1, -0.05) is 39.0 Å². The molecule has 4 heteroatoms. The minimum absolute atomic E-state index is 0.155. The molecule has 1 aromatic carbocycles. The maximum atomic E-state index is 10.6. The molecule has 0 aliphatic carbocycles. The topological polar surface area (TPSA) is 55.2 Å². The number of hydrogen-bond donors (Lipinski definition) is 1. The van der Waals surface area contributed by atoms with Crippen LogP contribution in [0.15, 0.2) is 18.2 Å². The maximum Gasteiger partial charge on any atom is 0.269 e. The molecule has 0 unspecified atom stereocenters. The zero-order chi connectivity index (χ0) is 14.1. The second-order valence-corrected chi connectivity index (χ2v) is 4.95. The predicted molar refractivity (Wildman–Crippen MR) is 79.7 cm³/mol. The van der Waals surface area contributed by atoms with Gasteiger partial charge in [0.15, 0.2) is 0 Å². The highest BCUT2D eigenvalue weighted by Crippen LogP contribution is 2.21. The van der Waals surface area contributed by atoms with Gasteiger partial charge in [-0.05, 0) is 25.0 Å². The van der Waals surface area contributed by atoms with Crippen molar-refractivity contribution in [2.45, 2.75) is 52.4 Å². The lowest BCUT2D eigenvalue weighted by Crippen LogP contribution is -2.03. The van der Waals surface area contributed by atoms with Crippen molar-refractivity contribution in [3.63, 3.8) is 0 Å². The molecule has 1 aromatic rings. The summed E-state index contributed by atoms with van der Waals surface area (Å²) in [5, 5.41) is 14.0. The molecule has 0 atom stereocenters. The van der Waals surface area contributed by atoms with Crippen LogP contribution in [0.25, 0.3) is 0 Å². The number of non-ortho nitro benzene ring substituents is 1. The van der Waals surface area contributed by atoms with Gasteiger partial charge in [0.05, 0.1) is 4.92 Å². The van der Waals surface area contributed by atoms with E-state index >= 15 is 0 Å². The molecular weight excluding hydrogens is 240 g/mol. The Bertz CT molecular complexity index is 405. The van der Waals surface area contributed by atoms with Crippen LogP contribution in [-0.2, 0) is 0 Å². The summed E-state index contributed by atoms with van der Waals surface area (Å²) >= 11 is 0. The third-order valence-electron chi connectivity index (χ3n) is 3.27. The van der Waals surface area contributed by atoms with Crippen molar-refractivity contribution in [2.75, 3.05) is 11.9 Å². The molecule has 1 rings (SSSR count). The average molecular weight is 264 g/mol. The number of benzene rings is 1. The fourth-order valence-electron chi connectivity index (χ4n) is 2.09. The molecule has 19 heavy (non-hydrogen) atoms. The van der Waals surface area contributed by atoms with Gasteiger partial charge in [-0.3, -0.25) is 10.1 Å². The van der Waals surface area contributed by atoms with Gasteiger partial charge in [0, 0.05) is 24.4 Å². The lowest BCUT2D eigenvalue weighted by molar-refractivity contribution is -0.384. The van der Waals surface area contributed by atoms with Crippen molar-refractivity contribution in [3.05, 3.63) is 33.9 Å². The zero-order valence-electron chi connectivity index (χ0n) is 11.9. The lowest BCUT2D eigenvalue weighted by Gasteiger charge is -2.09. The Morgan fingerprint density at radius 3 is 2.47 bits per heavy atom. The fourth-order valence-corrected chi connectivity index (χ4v) is 2.09. The molecular formula is C15H24N2O2. The van der Waals surface area contributed by atoms with Crippen molar-refractivity contribution in [1.29, 1.82) is 0 Å². The predicted octanol–water partition coefficient (Wildman–Crippen LogP) is 4.68. The summed E-state index contributed by atoms with van der Waals surface area (Å²) in [7, 11) is 0. The standard InChI is InChI=1S/C15H24N2O2/c1-3-4-5-6-7-8-11-16-15-10-9-14(17(18)19)12-13(15)2/h9-10,12,16H,3-8,11H2,1-2H3. The molecule has 1 N–H and O–H groups in total. The van der Waals surface area contributed by atoms with E-state index in [9.17, 15) is 10.1 Å². The number of unbranched alkanes of at least 4 members (excludes halogenated alkanes) is 5.